The van der Waals surface area contributed by atoms with Gasteiger partial charge in [-0.1, -0.05) is 6.42 Å². The summed E-state index contributed by atoms with van der Waals surface area (Å²) in [6.07, 6.45) is 2.89. The van der Waals surface area contributed by atoms with Crippen LogP contribution in [0.4, 0.5) is 0 Å². The second kappa shape index (κ2) is 9.22. The maximum Gasteiger partial charge on any atom is 0.308 e. The summed E-state index contributed by atoms with van der Waals surface area (Å²) in [6, 6.07) is 4.68. The van der Waals surface area contributed by atoms with Crippen molar-refractivity contribution in [2.75, 3.05) is 13.7 Å². The average molecular weight is 363 g/mol. The van der Waals surface area contributed by atoms with Crippen molar-refractivity contribution >= 4 is 17.7 Å². The van der Waals surface area contributed by atoms with Crippen LogP contribution in [0.2, 0.25) is 0 Å². The van der Waals surface area contributed by atoms with Gasteiger partial charge in [0.1, 0.15) is 0 Å². The smallest absolute Gasteiger partial charge is 0.308 e. The van der Waals surface area contributed by atoms with E-state index in [4.69, 9.17) is 14.6 Å². The van der Waals surface area contributed by atoms with Crippen LogP contribution in [0.3, 0.4) is 0 Å². The molecule has 1 fully saturated rings. The van der Waals surface area contributed by atoms with Crippen molar-refractivity contribution in [3.05, 3.63) is 23.8 Å². The first-order valence-corrected chi connectivity index (χ1v) is 8.76. The van der Waals surface area contributed by atoms with Gasteiger partial charge in [-0.25, -0.2) is 0 Å². The number of ketones is 1. The fourth-order valence-corrected chi connectivity index (χ4v) is 3.13. The first-order chi connectivity index (χ1) is 12.4. The number of methoxy groups -OCH3 is 1. The lowest BCUT2D eigenvalue weighted by Gasteiger charge is -2.17. The molecule has 1 amide bonds. The highest BCUT2D eigenvalue weighted by Gasteiger charge is 2.33. The molecule has 2 atom stereocenters. The molecular weight excluding hydrogens is 338 g/mol. The Bertz CT molecular complexity index is 672. The average Bonchev–Trinajstić information content (AvgIpc) is 3.06. The van der Waals surface area contributed by atoms with Crippen LogP contribution >= 0.6 is 0 Å². The van der Waals surface area contributed by atoms with Crippen LogP contribution in [0.5, 0.6) is 11.5 Å². The SMILES string of the molecule is COc1cc(C(C)=O)ccc1OCCCC(=O)N[C@@H]1CCC[C@@H]1C(=O)O. The molecule has 1 aliphatic carbocycles. The third-order valence-corrected chi connectivity index (χ3v) is 4.56. The lowest BCUT2D eigenvalue weighted by molar-refractivity contribution is -0.142. The molecule has 142 valence electrons. The van der Waals surface area contributed by atoms with E-state index in [2.05, 4.69) is 5.32 Å². The summed E-state index contributed by atoms with van der Waals surface area (Å²) in [6.45, 7) is 1.80. The van der Waals surface area contributed by atoms with Crippen molar-refractivity contribution in [1.29, 1.82) is 0 Å². The Morgan fingerprint density at radius 3 is 2.65 bits per heavy atom. The molecular formula is C19H25NO6. The number of aliphatic carboxylic acids is 1. The number of benzene rings is 1. The molecule has 0 aliphatic heterocycles. The molecule has 1 aromatic carbocycles. The van der Waals surface area contributed by atoms with E-state index in [9.17, 15) is 14.4 Å². The van der Waals surface area contributed by atoms with Gasteiger partial charge < -0.3 is 19.9 Å². The van der Waals surface area contributed by atoms with Crippen LogP contribution in [0.1, 0.15) is 49.4 Å². The molecule has 0 aromatic heterocycles. The predicted molar refractivity (Wildman–Crippen MR) is 94.6 cm³/mol. The van der Waals surface area contributed by atoms with Crippen molar-refractivity contribution < 1.29 is 29.0 Å². The van der Waals surface area contributed by atoms with E-state index in [-0.39, 0.29) is 24.2 Å². The molecule has 0 saturated heterocycles. The van der Waals surface area contributed by atoms with Gasteiger partial charge in [-0.3, -0.25) is 14.4 Å². The highest BCUT2D eigenvalue weighted by atomic mass is 16.5. The molecule has 0 heterocycles. The Morgan fingerprint density at radius 1 is 1.23 bits per heavy atom. The Labute approximate surface area is 152 Å². The fourth-order valence-electron chi connectivity index (χ4n) is 3.13. The Balaban J connectivity index is 1.77. The van der Waals surface area contributed by atoms with E-state index in [1.165, 1.54) is 14.0 Å². The Kier molecular flexibility index (Phi) is 7.00. The molecule has 0 spiro atoms. The predicted octanol–water partition coefficient (Wildman–Crippen LogP) is 2.43. The standard InChI is InChI=1S/C19H25NO6/c1-12(21)13-8-9-16(17(11-13)25-2)26-10-4-7-18(22)20-15-6-3-5-14(15)19(23)24/h8-9,11,14-15H,3-7,10H2,1-2H3,(H,20,22)(H,23,24)/t14-,15+/m0/s1. The summed E-state index contributed by atoms with van der Waals surface area (Å²) >= 11 is 0. The van der Waals surface area contributed by atoms with E-state index in [0.717, 1.165) is 6.42 Å². The largest absolute Gasteiger partial charge is 0.493 e. The van der Waals surface area contributed by atoms with Gasteiger partial charge in [0.25, 0.3) is 0 Å². The number of amides is 1. The van der Waals surface area contributed by atoms with Gasteiger partial charge >= 0.3 is 5.97 Å². The molecule has 26 heavy (non-hydrogen) atoms. The normalized spacial score (nSPS) is 19.0. The summed E-state index contributed by atoms with van der Waals surface area (Å²) in [5.41, 5.74) is 0.540. The highest BCUT2D eigenvalue weighted by molar-refractivity contribution is 5.94. The fraction of sp³-hybridized carbons (Fsp3) is 0.526. The lowest BCUT2D eigenvalue weighted by atomic mass is 10.0. The molecule has 2 N–H and O–H groups in total. The van der Waals surface area contributed by atoms with Crippen LogP contribution in [-0.2, 0) is 9.59 Å². The molecule has 7 heteroatoms. The van der Waals surface area contributed by atoms with Crippen molar-refractivity contribution in [3.8, 4) is 11.5 Å². The van der Waals surface area contributed by atoms with Gasteiger partial charge in [-0.2, -0.15) is 0 Å². The molecule has 1 aliphatic rings. The van der Waals surface area contributed by atoms with Crippen molar-refractivity contribution in [2.45, 2.75) is 45.1 Å². The number of nitrogens with one attached hydrogen (secondary N) is 1. The van der Waals surface area contributed by atoms with E-state index < -0.39 is 11.9 Å². The zero-order valence-corrected chi connectivity index (χ0v) is 15.1. The lowest BCUT2D eigenvalue weighted by Crippen LogP contribution is -2.40. The topological polar surface area (TPSA) is 102 Å². The number of carboxylic acid groups (broad SMARTS) is 1. The van der Waals surface area contributed by atoms with Crippen LogP contribution < -0.4 is 14.8 Å². The molecule has 0 bridgehead atoms. The minimum Gasteiger partial charge on any atom is -0.493 e. The quantitative estimate of drug-likeness (QED) is 0.516. The van der Waals surface area contributed by atoms with Crippen LogP contribution in [0, 0.1) is 5.92 Å². The number of rotatable bonds is 9. The molecule has 2 rings (SSSR count). The van der Waals surface area contributed by atoms with E-state index >= 15 is 0 Å². The van der Waals surface area contributed by atoms with Crippen molar-refractivity contribution in [3.63, 3.8) is 0 Å². The summed E-state index contributed by atoms with van der Waals surface area (Å²) in [4.78, 5) is 34.5. The highest BCUT2D eigenvalue weighted by Crippen LogP contribution is 2.28. The first kappa shape index (κ1) is 19.8. The minimum absolute atomic E-state index is 0.0573. The second-order valence-corrected chi connectivity index (χ2v) is 6.42. The van der Waals surface area contributed by atoms with Gasteiger partial charge in [-0.15, -0.1) is 0 Å². The third kappa shape index (κ3) is 5.21. The number of carboxylic acids is 1. The van der Waals surface area contributed by atoms with Gasteiger partial charge in [0.15, 0.2) is 17.3 Å². The number of hydrogen-bond donors (Lipinski definition) is 2. The van der Waals surface area contributed by atoms with Crippen LogP contribution in [0.15, 0.2) is 18.2 Å². The summed E-state index contributed by atoms with van der Waals surface area (Å²) in [5, 5.41) is 11.9. The monoisotopic (exact) mass is 363 g/mol. The number of ether oxygens (including phenoxy) is 2. The molecule has 7 nitrogen and oxygen atoms in total. The van der Waals surface area contributed by atoms with Gasteiger partial charge in [0.05, 0.1) is 19.6 Å². The Morgan fingerprint density at radius 2 is 2.00 bits per heavy atom. The molecule has 0 unspecified atom stereocenters. The summed E-state index contributed by atoms with van der Waals surface area (Å²) in [7, 11) is 1.50. The zero-order valence-electron chi connectivity index (χ0n) is 15.1. The summed E-state index contributed by atoms with van der Waals surface area (Å²) in [5.74, 6) is -0.572. The molecule has 0 radical (unpaired) electrons. The molecule has 1 aromatic rings. The number of Topliss-reactive ketones (excluding diaryl/α,β-unsaturated/α-hetero) is 1. The number of carbonyl (C=O) groups excluding carboxylic acids is 2. The van der Waals surface area contributed by atoms with Gasteiger partial charge in [0, 0.05) is 18.0 Å². The van der Waals surface area contributed by atoms with Crippen molar-refractivity contribution in [1.82, 2.24) is 5.32 Å². The van der Waals surface area contributed by atoms with Gasteiger partial charge in [-0.05, 0) is 44.4 Å². The summed E-state index contributed by atoms with van der Waals surface area (Å²) < 4.78 is 10.9. The maximum atomic E-state index is 12.0. The number of carbonyl (C=O) groups is 3. The van der Waals surface area contributed by atoms with Crippen LogP contribution in [0.25, 0.3) is 0 Å². The molecule has 1 saturated carbocycles. The first-order valence-electron chi connectivity index (χ1n) is 8.76. The third-order valence-electron chi connectivity index (χ3n) is 4.56. The van der Waals surface area contributed by atoms with E-state index in [1.54, 1.807) is 18.2 Å². The van der Waals surface area contributed by atoms with Crippen molar-refractivity contribution in [2.24, 2.45) is 5.92 Å². The maximum absolute atomic E-state index is 12.0. The van der Waals surface area contributed by atoms with E-state index in [0.29, 0.717) is 42.9 Å². The van der Waals surface area contributed by atoms with Gasteiger partial charge in [0.2, 0.25) is 5.91 Å². The minimum atomic E-state index is -0.850. The second-order valence-electron chi connectivity index (χ2n) is 6.42. The number of hydrogen-bond acceptors (Lipinski definition) is 5. The Hall–Kier alpha value is -2.57. The van der Waals surface area contributed by atoms with Crippen LogP contribution in [-0.4, -0.2) is 42.5 Å². The zero-order chi connectivity index (χ0) is 19.1. The van der Waals surface area contributed by atoms with E-state index in [1.807, 2.05) is 0 Å².